The van der Waals surface area contributed by atoms with Gasteiger partial charge in [-0.1, -0.05) is 30.3 Å². The van der Waals surface area contributed by atoms with Gasteiger partial charge in [0.05, 0.1) is 17.4 Å². The smallest absolute Gasteiger partial charge is 0.342 e. The largest absolute Gasteiger partial charge is 0.491 e. The van der Waals surface area contributed by atoms with Gasteiger partial charge in [0, 0.05) is 17.7 Å². The molecule has 0 unspecified atom stereocenters. The molecule has 1 heterocycles. The molecule has 0 fully saturated rings. The topological polar surface area (TPSA) is 86.0 Å². The summed E-state index contributed by atoms with van der Waals surface area (Å²) >= 11 is 0. The van der Waals surface area contributed by atoms with Crippen LogP contribution >= 0.6 is 0 Å². The number of ether oxygens (including phenoxy) is 2. The number of benzene rings is 2. The lowest BCUT2D eigenvalue weighted by atomic mass is 10.0. The molecule has 3 aromatic rings. The first-order chi connectivity index (χ1) is 14.4. The van der Waals surface area contributed by atoms with Crippen molar-refractivity contribution in [1.29, 1.82) is 0 Å². The summed E-state index contributed by atoms with van der Waals surface area (Å²) in [5, 5.41) is 0. The van der Waals surface area contributed by atoms with Gasteiger partial charge in [-0.3, -0.25) is 0 Å². The van der Waals surface area contributed by atoms with Crippen LogP contribution in [0.2, 0.25) is 0 Å². The van der Waals surface area contributed by atoms with Crippen LogP contribution in [0.5, 0.6) is 5.75 Å². The summed E-state index contributed by atoms with van der Waals surface area (Å²) in [6.45, 7) is 0.973. The Morgan fingerprint density at radius 1 is 1.03 bits per heavy atom. The highest BCUT2D eigenvalue weighted by Gasteiger charge is 2.22. The van der Waals surface area contributed by atoms with Crippen LogP contribution in [0, 0.1) is 0 Å². The fourth-order valence-electron chi connectivity index (χ4n) is 2.73. The third kappa shape index (κ3) is 5.28. The summed E-state index contributed by atoms with van der Waals surface area (Å²) < 4.78 is 41.1. The van der Waals surface area contributed by atoms with Crippen molar-refractivity contribution in [1.82, 2.24) is 4.90 Å². The van der Waals surface area contributed by atoms with Crippen molar-refractivity contribution in [2.24, 2.45) is 0 Å². The Morgan fingerprint density at radius 2 is 1.80 bits per heavy atom. The molecule has 3 rings (SSSR count). The number of hydrogen-bond acceptors (Lipinski definition) is 7. The van der Waals surface area contributed by atoms with Gasteiger partial charge in [-0.15, -0.1) is 0 Å². The van der Waals surface area contributed by atoms with Gasteiger partial charge in [0.1, 0.15) is 17.9 Å². The summed E-state index contributed by atoms with van der Waals surface area (Å²) in [7, 11) is 0.0601. The molecule has 0 radical (unpaired) electrons. The molecule has 0 aliphatic heterocycles. The predicted octanol–water partition coefficient (Wildman–Crippen LogP) is 3.48. The lowest BCUT2D eigenvalue weighted by Gasteiger charge is -2.16. The van der Waals surface area contributed by atoms with Crippen LogP contribution in [0.15, 0.2) is 76.4 Å². The highest BCUT2D eigenvalue weighted by Crippen LogP contribution is 2.34. The van der Waals surface area contributed by atoms with Gasteiger partial charge in [0.2, 0.25) is 9.84 Å². The molecule has 0 spiro atoms. The maximum absolute atomic E-state index is 12.8. The Labute approximate surface area is 175 Å². The van der Waals surface area contributed by atoms with Crippen molar-refractivity contribution in [3.8, 4) is 16.9 Å². The predicted molar refractivity (Wildman–Crippen MR) is 112 cm³/mol. The number of nitrogens with zero attached hydrogens (tertiary/aromatic N) is 1. The number of para-hydroxylation sites is 1. The monoisotopic (exact) mass is 429 g/mol. The van der Waals surface area contributed by atoms with Gasteiger partial charge in [-0.2, -0.15) is 0 Å². The number of hydrogen-bond donors (Lipinski definition) is 0. The number of rotatable bonds is 9. The van der Waals surface area contributed by atoms with E-state index in [1.807, 2.05) is 19.0 Å². The molecule has 8 heteroatoms. The number of sulfone groups is 1. The highest BCUT2D eigenvalue weighted by molar-refractivity contribution is 7.91. The van der Waals surface area contributed by atoms with E-state index in [4.69, 9.17) is 13.9 Å². The zero-order chi connectivity index (χ0) is 21.6. The summed E-state index contributed by atoms with van der Waals surface area (Å²) in [5.41, 5.74) is 1.54. The molecule has 0 saturated heterocycles. The van der Waals surface area contributed by atoms with Crippen LogP contribution < -0.4 is 4.74 Å². The van der Waals surface area contributed by atoms with Gasteiger partial charge < -0.3 is 18.8 Å². The molecule has 158 valence electrons. The van der Waals surface area contributed by atoms with Crippen LogP contribution in [0.25, 0.3) is 11.1 Å². The average molecular weight is 429 g/mol. The maximum atomic E-state index is 12.8. The van der Waals surface area contributed by atoms with E-state index < -0.39 is 21.7 Å². The zero-order valence-electron chi connectivity index (χ0n) is 16.8. The second-order valence-electron chi connectivity index (χ2n) is 6.82. The summed E-state index contributed by atoms with van der Waals surface area (Å²) in [4.78, 5) is 14.8. The molecule has 0 saturated carbocycles. The number of esters is 1. The Kier molecular flexibility index (Phi) is 6.91. The summed E-state index contributed by atoms with van der Waals surface area (Å²) in [6.07, 6.45) is 3.07. The minimum atomic E-state index is -3.76. The SMILES string of the molecule is CN(C)CCOc1c(C(=O)OCS(=O)(=O)c2ccccc2)cccc1-c1ccoc1. The summed E-state index contributed by atoms with van der Waals surface area (Å²) in [6, 6.07) is 14.6. The molecular formula is C22H23NO6S. The van der Waals surface area contributed by atoms with Crippen molar-refractivity contribution in [3.63, 3.8) is 0 Å². The summed E-state index contributed by atoms with van der Waals surface area (Å²) in [5.74, 6) is -1.22. The van der Waals surface area contributed by atoms with Crippen LogP contribution in [0.4, 0.5) is 0 Å². The molecule has 0 N–H and O–H groups in total. The molecule has 30 heavy (non-hydrogen) atoms. The van der Waals surface area contributed by atoms with Crippen molar-refractivity contribution in [2.45, 2.75) is 4.90 Å². The van der Waals surface area contributed by atoms with E-state index in [0.29, 0.717) is 24.5 Å². The van der Waals surface area contributed by atoms with Crippen molar-refractivity contribution < 1.29 is 27.1 Å². The van der Waals surface area contributed by atoms with E-state index in [0.717, 1.165) is 5.56 Å². The zero-order valence-corrected chi connectivity index (χ0v) is 17.6. The molecule has 0 atom stereocenters. The van der Waals surface area contributed by atoms with E-state index in [1.165, 1.54) is 18.4 Å². The minimum Gasteiger partial charge on any atom is -0.491 e. The normalized spacial score (nSPS) is 11.4. The number of carbonyl (C=O) groups excluding carboxylic acids is 1. The van der Waals surface area contributed by atoms with Gasteiger partial charge in [0.25, 0.3) is 0 Å². The van der Waals surface area contributed by atoms with Gasteiger partial charge >= 0.3 is 5.97 Å². The lowest BCUT2D eigenvalue weighted by molar-refractivity contribution is 0.0566. The van der Waals surface area contributed by atoms with E-state index in [2.05, 4.69) is 0 Å². The van der Waals surface area contributed by atoms with E-state index in [1.54, 1.807) is 48.7 Å². The molecule has 2 aromatic carbocycles. The molecule has 0 aliphatic rings. The highest BCUT2D eigenvalue weighted by atomic mass is 32.2. The first-order valence-electron chi connectivity index (χ1n) is 9.26. The molecule has 7 nitrogen and oxygen atoms in total. The van der Waals surface area contributed by atoms with Gasteiger partial charge in [-0.25, -0.2) is 13.2 Å². The first kappa shape index (κ1) is 21.6. The Balaban J connectivity index is 1.84. The van der Waals surface area contributed by atoms with E-state index in [9.17, 15) is 13.2 Å². The number of likely N-dealkylation sites (N-methyl/N-ethyl adjacent to an activating group) is 1. The van der Waals surface area contributed by atoms with Crippen LogP contribution in [-0.4, -0.2) is 52.5 Å². The Bertz CT molecular complexity index is 1080. The Hall–Kier alpha value is -3.10. The van der Waals surface area contributed by atoms with Crippen LogP contribution in [0.3, 0.4) is 0 Å². The lowest BCUT2D eigenvalue weighted by Crippen LogP contribution is -2.21. The molecule has 0 bridgehead atoms. The third-order valence-electron chi connectivity index (χ3n) is 4.30. The van der Waals surface area contributed by atoms with E-state index >= 15 is 0 Å². The fourth-order valence-corrected chi connectivity index (χ4v) is 3.70. The van der Waals surface area contributed by atoms with Gasteiger partial charge in [-0.05, 0) is 38.4 Å². The van der Waals surface area contributed by atoms with Crippen molar-refractivity contribution in [2.75, 3.05) is 33.2 Å². The fraction of sp³-hybridized carbons (Fsp3) is 0.227. The van der Waals surface area contributed by atoms with Gasteiger partial charge in [0.15, 0.2) is 5.94 Å². The quantitative estimate of drug-likeness (QED) is 0.481. The van der Waals surface area contributed by atoms with Crippen molar-refractivity contribution >= 4 is 15.8 Å². The van der Waals surface area contributed by atoms with E-state index in [-0.39, 0.29) is 10.5 Å². The standard InChI is InChI=1S/C22H23NO6S/c1-23(2)12-14-28-21-19(17-11-13-27-15-17)9-6-10-20(21)22(24)29-16-30(25,26)18-7-4-3-5-8-18/h3-11,13,15H,12,14,16H2,1-2H3. The second-order valence-corrected chi connectivity index (χ2v) is 8.76. The average Bonchev–Trinajstić information content (AvgIpc) is 3.27. The molecule has 0 amide bonds. The number of furan rings is 1. The number of carbonyl (C=O) groups is 1. The third-order valence-corrected chi connectivity index (χ3v) is 5.72. The molecular weight excluding hydrogens is 406 g/mol. The minimum absolute atomic E-state index is 0.0902. The molecule has 0 aliphatic carbocycles. The van der Waals surface area contributed by atoms with Crippen LogP contribution in [-0.2, 0) is 14.6 Å². The first-order valence-corrected chi connectivity index (χ1v) is 10.9. The molecule has 1 aromatic heterocycles. The second kappa shape index (κ2) is 9.60. The Morgan fingerprint density at radius 3 is 2.47 bits per heavy atom. The van der Waals surface area contributed by atoms with Crippen LogP contribution in [0.1, 0.15) is 10.4 Å². The van der Waals surface area contributed by atoms with Crippen molar-refractivity contribution in [3.05, 3.63) is 72.7 Å². The maximum Gasteiger partial charge on any atom is 0.342 e.